The van der Waals surface area contributed by atoms with Crippen LogP contribution in [0.1, 0.15) is 21.7 Å². The van der Waals surface area contributed by atoms with E-state index in [9.17, 15) is 20.0 Å². The number of aromatic nitrogens is 2. The highest BCUT2D eigenvalue weighted by atomic mass is 16.3. The van der Waals surface area contributed by atoms with Crippen LogP contribution in [0, 0.1) is 11.3 Å². The van der Waals surface area contributed by atoms with Gasteiger partial charge in [0.2, 0.25) is 0 Å². The number of rotatable bonds is 4. The predicted octanol–water partition coefficient (Wildman–Crippen LogP) is 2.79. The van der Waals surface area contributed by atoms with E-state index in [4.69, 9.17) is 5.73 Å². The van der Waals surface area contributed by atoms with Gasteiger partial charge in [0.25, 0.3) is 11.5 Å². The number of nitrogens with two attached hydrogens (primary N) is 1. The second-order valence-electron chi connectivity index (χ2n) is 6.70. The normalized spacial score (nSPS) is 10.6. The SMILES string of the molecule is N#Cc1nc(C(N)=O)c(O)c2cc(-c3ccccc3)c(=O)n(Cc3ccccc3)c12. The van der Waals surface area contributed by atoms with Gasteiger partial charge in [-0.05, 0) is 17.2 Å². The van der Waals surface area contributed by atoms with Crippen LogP contribution in [0.4, 0.5) is 0 Å². The topological polar surface area (TPSA) is 122 Å². The molecule has 2 aromatic carbocycles. The molecule has 2 aromatic heterocycles. The predicted molar refractivity (Wildman–Crippen MR) is 112 cm³/mol. The molecule has 0 atom stereocenters. The van der Waals surface area contributed by atoms with Gasteiger partial charge in [0.1, 0.15) is 6.07 Å². The molecular formula is C23H16N4O3. The van der Waals surface area contributed by atoms with Gasteiger partial charge in [0, 0.05) is 10.9 Å². The first-order valence-corrected chi connectivity index (χ1v) is 9.11. The summed E-state index contributed by atoms with van der Waals surface area (Å²) in [6.45, 7) is 0.155. The lowest BCUT2D eigenvalue weighted by atomic mass is 10.0. The van der Waals surface area contributed by atoms with Crippen LogP contribution in [-0.2, 0) is 6.54 Å². The lowest BCUT2D eigenvalue weighted by Crippen LogP contribution is -2.24. The molecule has 0 aliphatic heterocycles. The van der Waals surface area contributed by atoms with Gasteiger partial charge < -0.3 is 15.4 Å². The highest BCUT2D eigenvalue weighted by Crippen LogP contribution is 2.31. The Hall–Kier alpha value is -4.44. The number of nitriles is 1. The van der Waals surface area contributed by atoms with Crippen LogP contribution < -0.4 is 11.3 Å². The van der Waals surface area contributed by atoms with Crippen molar-refractivity contribution in [2.45, 2.75) is 6.54 Å². The minimum absolute atomic E-state index is 0.147. The lowest BCUT2D eigenvalue weighted by molar-refractivity contribution is 0.0993. The molecule has 0 aliphatic rings. The maximum absolute atomic E-state index is 13.4. The number of fused-ring (bicyclic) bond motifs is 1. The average molecular weight is 396 g/mol. The van der Waals surface area contributed by atoms with E-state index in [2.05, 4.69) is 4.98 Å². The molecule has 0 aliphatic carbocycles. The number of hydrogen-bond donors (Lipinski definition) is 2. The molecule has 0 radical (unpaired) electrons. The number of hydrogen-bond acceptors (Lipinski definition) is 5. The Kier molecular flexibility index (Phi) is 4.74. The Morgan fingerprint density at radius 1 is 1.10 bits per heavy atom. The molecule has 0 saturated heterocycles. The Morgan fingerprint density at radius 3 is 2.33 bits per heavy atom. The molecule has 0 unspecified atom stereocenters. The van der Waals surface area contributed by atoms with Crippen LogP contribution in [0.3, 0.4) is 0 Å². The summed E-state index contributed by atoms with van der Waals surface area (Å²) in [6, 6.07) is 21.6. The van der Waals surface area contributed by atoms with E-state index in [1.807, 2.05) is 42.5 Å². The quantitative estimate of drug-likeness (QED) is 0.549. The average Bonchev–Trinajstić information content (AvgIpc) is 2.77. The van der Waals surface area contributed by atoms with Crippen molar-refractivity contribution < 1.29 is 9.90 Å². The Bertz CT molecular complexity index is 1370. The number of pyridine rings is 2. The number of benzene rings is 2. The summed E-state index contributed by atoms with van der Waals surface area (Å²) in [4.78, 5) is 29.1. The fraction of sp³-hybridized carbons (Fsp3) is 0.0435. The van der Waals surface area contributed by atoms with E-state index in [-0.39, 0.29) is 28.7 Å². The van der Waals surface area contributed by atoms with E-state index in [0.29, 0.717) is 11.1 Å². The Balaban J connectivity index is 2.14. The minimum Gasteiger partial charge on any atom is -0.505 e. The number of amides is 1. The fourth-order valence-electron chi connectivity index (χ4n) is 3.44. The molecular weight excluding hydrogens is 380 g/mol. The monoisotopic (exact) mass is 396 g/mol. The van der Waals surface area contributed by atoms with Crippen LogP contribution >= 0.6 is 0 Å². The number of carbonyl (C=O) groups excluding carboxylic acids is 1. The molecule has 30 heavy (non-hydrogen) atoms. The lowest BCUT2D eigenvalue weighted by Gasteiger charge is -2.16. The Morgan fingerprint density at radius 2 is 1.73 bits per heavy atom. The Labute approximate surface area is 171 Å². The molecule has 4 rings (SSSR count). The smallest absolute Gasteiger partial charge is 0.271 e. The fourth-order valence-corrected chi connectivity index (χ4v) is 3.44. The van der Waals surface area contributed by atoms with Crippen LogP contribution in [0.15, 0.2) is 71.5 Å². The third-order valence-electron chi connectivity index (χ3n) is 4.82. The summed E-state index contributed by atoms with van der Waals surface area (Å²) in [5.74, 6) is -1.43. The van der Waals surface area contributed by atoms with Gasteiger partial charge in [-0.2, -0.15) is 5.26 Å². The first-order valence-electron chi connectivity index (χ1n) is 9.11. The number of primary amides is 1. The summed E-state index contributed by atoms with van der Waals surface area (Å²) in [6.07, 6.45) is 0. The van der Waals surface area contributed by atoms with E-state index in [1.54, 1.807) is 24.3 Å². The van der Waals surface area contributed by atoms with E-state index in [0.717, 1.165) is 5.56 Å². The molecule has 7 nitrogen and oxygen atoms in total. The van der Waals surface area contributed by atoms with Crippen LogP contribution in [0.25, 0.3) is 22.0 Å². The van der Waals surface area contributed by atoms with Crippen molar-refractivity contribution in [2.75, 3.05) is 0 Å². The van der Waals surface area contributed by atoms with Gasteiger partial charge in [0.05, 0.1) is 12.1 Å². The second kappa shape index (κ2) is 7.53. The first kappa shape index (κ1) is 18.9. The highest BCUT2D eigenvalue weighted by Gasteiger charge is 2.22. The van der Waals surface area contributed by atoms with Gasteiger partial charge in [-0.1, -0.05) is 60.7 Å². The van der Waals surface area contributed by atoms with E-state index >= 15 is 0 Å². The molecule has 0 fully saturated rings. The zero-order chi connectivity index (χ0) is 21.3. The van der Waals surface area contributed by atoms with Crippen molar-refractivity contribution in [3.63, 3.8) is 0 Å². The molecule has 146 valence electrons. The standard InChI is InChI=1S/C23H16N4O3/c24-12-18-20-17(21(28)19(26-18)22(25)29)11-16(15-9-5-2-6-10-15)23(30)27(20)13-14-7-3-1-4-8-14/h1-11,28H,13H2,(H2,25,29). The van der Waals surface area contributed by atoms with Crippen molar-refractivity contribution in [3.8, 4) is 22.9 Å². The number of aromatic hydroxyl groups is 1. The first-order chi connectivity index (χ1) is 14.5. The van der Waals surface area contributed by atoms with E-state index in [1.165, 1.54) is 10.6 Å². The van der Waals surface area contributed by atoms with Gasteiger partial charge in [-0.15, -0.1) is 0 Å². The van der Waals surface area contributed by atoms with Crippen molar-refractivity contribution >= 4 is 16.8 Å². The van der Waals surface area contributed by atoms with Crippen LogP contribution in [0.5, 0.6) is 5.75 Å². The zero-order valence-corrected chi connectivity index (χ0v) is 15.7. The summed E-state index contributed by atoms with van der Waals surface area (Å²) < 4.78 is 1.39. The third kappa shape index (κ3) is 3.16. The molecule has 3 N–H and O–H groups in total. The molecule has 4 aromatic rings. The van der Waals surface area contributed by atoms with Gasteiger partial charge in [0.15, 0.2) is 17.1 Å². The van der Waals surface area contributed by atoms with Gasteiger partial charge >= 0.3 is 0 Å². The minimum atomic E-state index is -0.965. The van der Waals surface area contributed by atoms with E-state index < -0.39 is 17.4 Å². The van der Waals surface area contributed by atoms with Crippen molar-refractivity contribution in [1.82, 2.24) is 9.55 Å². The van der Waals surface area contributed by atoms with Crippen LogP contribution in [-0.4, -0.2) is 20.6 Å². The summed E-state index contributed by atoms with van der Waals surface area (Å²) in [5, 5.41) is 20.5. The summed E-state index contributed by atoms with van der Waals surface area (Å²) in [7, 11) is 0. The summed E-state index contributed by atoms with van der Waals surface area (Å²) in [5.41, 5.74) is 6.34. The zero-order valence-electron chi connectivity index (χ0n) is 15.7. The highest BCUT2D eigenvalue weighted by molar-refractivity contribution is 6.02. The third-order valence-corrected chi connectivity index (χ3v) is 4.82. The van der Waals surface area contributed by atoms with Crippen LogP contribution in [0.2, 0.25) is 0 Å². The maximum Gasteiger partial charge on any atom is 0.271 e. The molecule has 0 spiro atoms. The van der Waals surface area contributed by atoms with Gasteiger partial charge in [-0.25, -0.2) is 4.98 Å². The summed E-state index contributed by atoms with van der Waals surface area (Å²) >= 11 is 0. The van der Waals surface area contributed by atoms with Crippen molar-refractivity contribution in [2.24, 2.45) is 5.73 Å². The molecule has 7 heteroatoms. The largest absolute Gasteiger partial charge is 0.505 e. The van der Waals surface area contributed by atoms with Gasteiger partial charge in [-0.3, -0.25) is 9.59 Å². The molecule has 0 bridgehead atoms. The van der Waals surface area contributed by atoms with Crippen molar-refractivity contribution in [3.05, 3.63) is 94.0 Å². The number of nitrogens with zero attached hydrogens (tertiary/aromatic N) is 3. The molecule has 0 saturated carbocycles. The molecule has 2 heterocycles. The second-order valence-corrected chi connectivity index (χ2v) is 6.70. The van der Waals surface area contributed by atoms with Crippen molar-refractivity contribution in [1.29, 1.82) is 5.26 Å². The molecule has 1 amide bonds. The maximum atomic E-state index is 13.4. The number of carbonyl (C=O) groups is 1.